The third-order valence-electron chi connectivity index (χ3n) is 5.05. The van der Waals surface area contributed by atoms with Gasteiger partial charge in [0.15, 0.2) is 5.78 Å². The minimum absolute atomic E-state index is 0.000596. The van der Waals surface area contributed by atoms with Crippen LogP contribution < -0.4 is 5.32 Å². The summed E-state index contributed by atoms with van der Waals surface area (Å²) in [6.45, 7) is 6.23. The number of carbonyl (C=O) groups excluding carboxylic acids is 2. The van der Waals surface area contributed by atoms with Gasteiger partial charge in [-0.05, 0) is 23.7 Å². The highest BCUT2D eigenvalue weighted by molar-refractivity contribution is 6.52. The van der Waals surface area contributed by atoms with Crippen molar-refractivity contribution in [3.63, 3.8) is 0 Å². The summed E-state index contributed by atoms with van der Waals surface area (Å²) >= 11 is 0. The zero-order valence-electron chi connectivity index (χ0n) is 17.7. The molecular weight excluding hydrogens is 365 g/mol. The number of nitrogens with zero attached hydrogens (tertiary/aromatic N) is 2. The van der Waals surface area contributed by atoms with Crippen LogP contribution in [0, 0.1) is 5.92 Å². The number of ketones is 1. The molecule has 6 nitrogen and oxygen atoms in total. The molecule has 0 unspecified atom stereocenters. The molecule has 1 aromatic heterocycles. The molecule has 0 fully saturated rings. The smallest absolute Gasteiger partial charge is 0.293 e. The summed E-state index contributed by atoms with van der Waals surface area (Å²) in [4.78, 5) is 33.8. The van der Waals surface area contributed by atoms with E-state index in [2.05, 4.69) is 29.1 Å². The molecule has 0 saturated carbocycles. The molecule has 1 amide bonds. The van der Waals surface area contributed by atoms with Crippen molar-refractivity contribution in [2.45, 2.75) is 51.8 Å². The van der Waals surface area contributed by atoms with Crippen LogP contribution in [0.2, 0.25) is 12.6 Å². The minimum Gasteiger partial charge on any atom is -0.438 e. The van der Waals surface area contributed by atoms with Crippen molar-refractivity contribution in [3.05, 3.63) is 60.2 Å². The van der Waals surface area contributed by atoms with Crippen LogP contribution in [0.3, 0.4) is 0 Å². The van der Waals surface area contributed by atoms with Crippen molar-refractivity contribution in [1.29, 1.82) is 0 Å². The summed E-state index contributed by atoms with van der Waals surface area (Å²) in [6, 6.07) is 9.06. The van der Waals surface area contributed by atoms with E-state index in [0.717, 1.165) is 12.0 Å². The summed E-state index contributed by atoms with van der Waals surface area (Å²) in [5, 5.41) is 2.87. The summed E-state index contributed by atoms with van der Waals surface area (Å²) in [5.74, 6) is 0.152. The lowest BCUT2D eigenvalue weighted by Gasteiger charge is -2.24. The molecular formula is C22H30BN3O3. The maximum absolute atomic E-state index is 13.2. The Morgan fingerprint density at radius 2 is 1.90 bits per heavy atom. The third kappa shape index (κ3) is 7.42. The Kier molecular flexibility index (Phi) is 8.99. The number of benzene rings is 1. The van der Waals surface area contributed by atoms with Gasteiger partial charge in [0, 0.05) is 25.9 Å². The zero-order valence-corrected chi connectivity index (χ0v) is 17.7. The summed E-state index contributed by atoms with van der Waals surface area (Å²) in [6.07, 6.45) is 6.03. The maximum atomic E-state index is 13.2. The Morgan fingerprint density at radius 3 is 2.48 bits per heavy atom. The number of carbonyl (C=O) groups is 2. The summed E-state index contributed by atoms with van der Waals surface area (Å²) in [5.41, 5.74) is 1.19. The summed E-state index contributed by atoms with van der Waals surface area (Å²) in [7, 11) is 1.67. The lowest BCUT2D eigenvalue weighted by Crippen LogP contribution is -2.43. The zero-order chi connectivity index (χ0) is 21.2. The first-order valence-electron chi connectivity index (χ1n) is 10.1. The van der Waals surface area contributed by atoms with Crippen LogP contribution in [-0.2, 0) is 15.9 Å². The van der Waals surface area contributed by atoms with Crippen molar-refractivity contribution in [1.82, 2.24) is 15.3 Å². The first kappa shape index (κ1) is 22.8. The highest BCUT2D eigenvalue weighted by Crippen LogP contribution is 2.26. The third-order valence-corrected chi connectivity index (χ3v) is 5.05. The van der Waals surface area contributed by atoms with E-state index in [0.29, 0.717) is 18.8 Å². The van der Waals surface area contributed by atoms with Crippen LogP contribution in [0.1, 0.15) is 42.7 Å². The topological polar surface area (TPSA) is 81.2 Å². The van der Waals surface area contributed by atoms with Crippen LogP contribution >= 0.6 is 0 Å². The van der Waals surface area contributed by atoms with E-state index in [1.807, 2.05) is 37.2 Å². The molecule has 0 aliphatic rings. The fourth-order valence-corrected chi connectivity index (χ4v) is 3.38. The van der Waals surface area contributed by atoms with Crippen LogP contribution in [0.5, 0.6) is 0 Å². The van der Waals surface area contributed by atoms with Gasteiger partial charge < -0.3 is 9.97 Å². The minimum atomic E-state index is -0.634. The fourth-order valence-electron chi connectivity index (χ4n) is 3.38. The van der Waals surface area contributed by atoms with Crippen LogP contribution in [-0.4, -0.2) is 41.7 Å². The van der Waals surface area contributed by atoms with E-state index < -0.39 is 11.9 Å². The van der Waals surface area contributed by atoms with Crippen molar-refractivity contribution in [2.24, 2.45) is 5.92 Å². The normalized spacial score (nSPS) is 13.0. The van der Waals surface area contributed by atoms with E-state index in [9.17, 15) is 9.59 Å². The molecule has 0 aliphatic carbocycles. The van der Waals surface area contributed by atoms with Crippen molar-refractivity contribution in [2.75, 3.05) is 7.11 Å². The molecule has 2 aromatic rings. The molecule has 2 atom stereocenters. The number of amides is 1. The molecule has 29 heavy (non-hydrogen) atoms. The van der Waals surface area contributed by atoms with Gasteiger partial charge in [0.1, 0.15) is 5.69 Å². The van der Waals surface area contributed by atoms with Gasteiger partial charge in [0.2, 0.25) is 0 Å². The average Bonchev–Trinajstić information content (AvgIpc) is 2.73. The molecule has 0 saturated heterocycles. The quantitative estimate of drug-likeness (QED) is 0.590. The molecule has 0 radical (unpaired) electrons. The standard InChI is InChI=1S/C22H30BN3O3/c1-16(2)12-18(23(3)29-4)14-21(27)19(13-17-8-6-5-7-9-17)26-22(28)20-15-24-10-11-25-20/h5-11,15-16,18-19H,12-14H2,1-4H3,(H,26,28)/t18-,19+/m1/s1. The van der Waals surface area contributed by atoms with Crippen molar-refractivity contribution in [3.8, 4) is 0 Å². The van der Waals surface area contributed by atoms with Gasteiger partial charge in [-0.25, -0.2) is 4.98 Å². The number of hydrogen-bond acceptors (Lipinski definition) is 5. The number of Topliss-reactive ketones (excluding diaryl/α,β-unsaturated/α-hetero) is 1. The number of nitrogens with one attached hydrogen (secondary N) is 1. The molecule has 1 aromatic carbocycles. The second kappa shape index (κ2) is 11.5. The maximum Gasteiger partial charge on any atom is 0.293 e. The van der Waals surface area contributed by atoms with E-state index >= 15 is 0 Å². The lowest BCUT2D eigenvalue weighted by molar-refractivity contribution is -0.121. The molecule has 1 heterocycles. The van der Waals surface area contributed by atoms with Crippen LogP contribution in [0.15, 0.2) is 48.9 Å². The monoisotopic (exact) mass is 395 g/mol. The Labute approximate surface area is 173 Å². The van der Waals surface area contributed by atoms with E-state index in [-0.39, 0.29) is 24.2 Å². The van der Waals surface area contributed by atoms with Gasteiger partial charge in [0.25, 0.3) is 12.8 Å². The van der Waals surface area contributed by atoms with E-state index in [4.69, 9.17) is 4.65 Å². The van der Waals surface area contributed by atoms with Gasteiger partial charge in [-0.2, -0.15) is 0 Å². The highest BCUT2D eigenvalue weighted by atomic mass is 16.4. The molecule has 7 heteroatoms. The molecule has 0 bridgehead atoms. The Bertz CT molecular complexity index is 771. The average molecular weight is 395 g/mol. The Hall–Kier alpha value is -2.54. The second-order valence-electron chi connectivity index (χ2n) is 7.81. The van der Waals surface area contributed by atoms with E-state index in [1.54, 1.807) is 7.11 Å². The first-order valence-corrected chi connectivity index (χ1v) is 10.1. The van der Waals surface area contributed by atoms with Crippen molar-refractivity contribution >= 4 is 18.6 Å². The predicted molar refractivity (Wildman–Crippen MR) is 115 cm³/mol. The number of aromatic nitrogens is 2. The van der Waals surface area contributed by atoms with Crippen LogP contribution in [0.4, 0.5) is 0 Å². The van der Waals surface area contributed by atoms with Gasteiger partial charge in [-0.15, -0.1) is 0 Å². The fraction of sp³-hybridized carbons (Fsp3) is 0.455. The molecule has 2 rings (SSSR count). The van der Waals surface area contributed by atoms with Crippen LogP contribution in [0.25, 0.3) is 0 Å². The lowest BCUT2D eigenvalue weighted by atomic mass is 9.54. The van der Waals surface area contributed by atoms with Gasteiger partial charge in [-0.3, -0.25) is 14.6 Å². The highest BCUT2D eigenvalue weighted by Gasteiger charge is 2.30. The van der Waals surface area contributed by atoms with Gasteiger partial charge in [0.05, 0.1) is 12.2 Å². The second-order valence-corrected chi connectivity index (χ2v) is 7.81. The van der Waals surface area contributed by atoms with Crippen molar-refractivity contribution < 1.29 is 14.2 Å². The molecule has 0 spiro atoms. The Balaban J connectivity index is 2.18. The number of hydrogen-bond donors (Lipinski definition) is 1. The van der Waals surface area contributed by atoms with Gasteiger partial charge >= 0.3 is 0 Å². The SMILES string of the molecule is COB(C)[C@@H](CC(=O)[C@H](Cc1ccccc1)NC(=O)c1cnccn1)CC(C)C. The Morgan fingerprint density at radius 1 is 1.17 bits per heavy atom. The largest absolute Gasteiger partial charge is 0.438 e. The van der Waals surface area contributed by atoms with Gasteiger partial charge in [-0.1, -0.05) is 57.4 Å². The molecule has 1 N–H and O–H groups in total. The predicted octanol–water partition coefficient (Wildman–Crippen LogP) is 3.46. The number of rotatable bonds is 11. The molecule has 0 aliphatic heterocycles. The molecule has 154 valence electrons. The van der Waals surface area contributed by atoms with E-state index in [1.165, 1.54) is 18.6 Å². The first-order chi connectivity index (χ1) is 13.9. The summed E-state index contributed by atoms with van der Waals surface area (Å²) < 4.78 is 5.50.